The van der Waals surface area contributed by atoms with Gasteiger partial charge in [-0.2, -0.15) is 14.0 Å². The summed E-state index contributed by atoms with van der Waals surface area (Å²) in [5, 5.41) is 11.9. The molecule has 24 heavy (non-hydrogen) atoms. The van der Waals surface area contributed by atoms with Crippen molar-refractivity contribution in [3.63, 3.8) is 0 Å². The van der Waals surface area contributed by atoms with Crippen LogP contribution in [-0.2, 0) is 20.6 Å². The molecule has 1 N–H and O–H groups in total. The van der Waals surface area contributed by atoms with E-state index in [-0.39, 0.29) is 23.7 Å². The van der Waals surface area contributed by atoms with Gasteiger partial charge in [-0.3, -0.25) is 13.9 Å². The lowest BCUT2D eigenvalue weighted by Crippen LogP contribution is -2.39. The number of halogens is 2. The zero-order valence-electron chi connectivity index (χ0n) is 12.9. The lowest BCUT2D eigenvalue weighted by atomic mass is 10.2. The summed E-state index contributed by atoms with van der Waals surface area (Å²) >= 11 is 0. The normalized spacial score (nSPS) is 10.5. The molecule has 0 spiro atoms. The zero-order valence-corrected chi connectivity index (χ0v) is 12.9. The zero-order chi connectivity index (χ0) is 17.9. The number of alkyl halides is 2. The van der Waals surface area contributed by atoms with Gasteiger partial charge in [-0.25, -0.2) is 4.79 Å². The van der Waals surface area contributed by atoms with Gasteiger partial charge in [-0.05, 0) is 6.07 Å². The van der Waals surface area contributed by atoms with Gasteiger partial charge in [0.15, 0.2) is 5.56 Å². The van der Waals surface area contributed by atoms with Gasteiger partial charge in [0.1, 0.15) is 17.6 Å². The molecule has 9 heteroatoms. The largest absolute Gasteiger partial charge is 0.434 e. The predicted molar refractivity (Wildman–Crippen MR) is 82.0 cm³/mol. The van der Waals surface area contributed by atoms with Crippen LogP contribution in [0.15, 0.2) is 33.9 Å². The van der Waals surface area contributed by atoms with Crippen LogP contribution in [0.1, 0.15) is 11.1 Å². The van der Waals surface area contributed by atoms with Crippen LogP contribution >= 0.6 is 0 Å². The third kappa shape index (κ3) is 3.27. The fraction of sp³-hybridized carbons (Fsp3) is 0.267. The van der Waals surface area contributed by atoms with Crippen LogP contribution in [0, 0.1) is 11.3 Å². The average molecular weight is 336 g/mol. The van der Waals surface area contributed by atoms with E-state index >= 15 is 0 Å². The number of nitrogens with one attached hydrogen (secondary N) is 1. The second-order valence-corrected chi connectivity index (χ2v) is 4.88. The quantitative estimate of drug-likeness (QED) is 0.885. The lowest BCUT2D eigenvalue weighted by Gasteiger charge is -2.15. The van der Waals surface area contributed by atoms with E-state index in [1.54, 1.807) is 18.2 Å². The highest BCUT2D eigenvalue weighted by atomic mass is 19.3. The van der Waals surface area contributed by atoms with Crippen molar-refractivity contribution in [2.75, 3.05) is 5.32 Å². The number of para-hydroxylation sites is 1. The minimum absolute atomic E-state index is 0.0115. The number of hydrogen-bond donors (Lipinski definition) is 1. The van der Waals surface area contributed by atoms with Crippen molar-refractivity contribution in [1.82, 2.24) is 9.13 Å². The van der Waals surface area contributed by atoms with E-state index < -0.39 is 17.9 Å². The molecular formula is C15H14F2N4O3. The first-order valence-electron chi connectivity index (χ1n) is 6.83. The third-order valence-electron chi connectivity index (χ3n) is 3.41. The van der Waals surface area contributed by atoms with Crippen molar-refractivity contribution in [1.29, 1.82) is 5.26 Å². The van der Waals surface area contributed by atoms with Crippen LogP contribution in [-0.4, -0.2) is 15.7 Å². The van der Waals surface area contributed by atoms with Crippen LogP contribution in [0.2, 0.25) is 0 Å². The fourth-order valence-corrected chi connectivity index (χ4v) is 2.19. The molecule has 0 saturated heterocycles. The number of anilines is 1. The molecule has 0 atom stereocenters. The Bertz CT molecular complexity index is 912. The smallest absolute Gasteiger partial charge is 0.387 e. The van der Waals surface area contributed by atoms with E-state index in [0.717, 1.165) is 9.13 Å². The summed E-state index contributed by atoms with van der Waals surface area (Å²) in [6, 6.07) is 7.84. The number of nitrogens with zero attached hydrogens (tertiary/aromatic N) is 3. The number of nitriles is 1. The van der Waals surface area contributed by atoms with Crippen molar-refractivity contribution in [3.8, 4) is 11.8 Å². The van der Waals surface area contributed by atoms with Crippen molar-refractivity contribution in [2.24, 2.45) is 14.1 Å². The number of hydrogen-bond acceptors (Lipinski definition) is 5. The molecule has 0 radical (unpaired) electrons. The molecule has 0 aliphatic carbocycles. The molecule has 0 fully saturated rings. The highest BCUT2D eigenvalue weighted by molar-refractivity contribution is 5.52. The standard InChI is InChI=1S/C15H14F2N4O3/c1-20-12(10(7-18)13(22)21(2)15(20)23)19-8-9-5-3-4-6-11(9)24-14(16)17/h3-6,14,19H,8H2,1-2H3. The van der Waals surface area contributed by atoms with E-state index in [0.29, 0.717) is 5.56 Å². The maximum Gasteiger partial charge on any atom is 0.387 e. The minimum Gasteiger partial charge on any atom is -0.434 e. The van der Waals surface area contributed by atoms with Crippen LogP contribution in [0.5, 0.6) is 5.75 Å². The molecule has 2 rings (SSSR count). The molecule has 2 aromatic rings. The fourth-order valence-electron chi connectivity index (χ4n) is 2.19. The molecular weight excluding hydrogens is 322 g/mol. The third-order valence-corrected chi connectivity index (χ3v) is 3.41. The summed E-state index contributed by atoms with van der Waals surface area (Å²) in [6.45, 7) is -2.99. The van der Waals surface area contributed by atoms with Crippen LogP contribution in [0.4, 0.5) is 14.6 Å². The highest BCUT2D eigenvalue weighted by Gasteiger charge is 2.16. The predicted octanol–water partition coefficient (Wildman–Crippen LogP) is 1.17. The molecule has 0 amide bonds. The summed E-state index contributed by atoms with van der Waals surface area (Å²) in [7, 11) is 2.66. The van der Waals surface area contributed by atoms with Crippen molar-refractivity contribution < 1.29 is 13.5 Å². The van der Waals surface area contributed by atoms with Crippen LogP contribution < -0.4 is 21.3 Å². The SMILES string of the molecule is Cn1c(NCc2ccccc2OC(F)F)c(C#N)c(=O)n(C)c1=O. The summed E-state index contributed by atoms with van der Waals surface area (Å²) in [4.78, 5) is 23.9. The van der Waals surface area contributed by atoms with Gasteiger partial charge in [0.25, 0.3) is 5.56 Å². The number of ether oxygens (including phenoxy) is 1. The lowest BCUT2D eigenvalue weighted by molar-refractivity contribution is -0.0504. The van der Waals surface area contributed by atoms with Crippen molar-refractivity contribution in [3.05, 3.63) is 56.2 Å². The topological polar surface area (TPSA) is 89.1 Å². The molecule has 126 valence electrons. The first kappa shape index (κ1) is 17.2. The molecule has 1 heterocycles. The van der Waals surface area contributed by atoms with Crippen molar-refractivity contribution >= 4 is 5.82 Å². The molecule has 0 saturated carbocycles. The van der Waals surface area contributed by atoms with Gasteiger partial charge in [0, 0.05) is 26.2 Å². The molecule has 0 bridgehead atoms. The van der Waals surface area contributed by atoms with Crippen LogP contribution in [0.25, 0.3) is 0 Å². The van der Waals surface area contributed by atoms with Gasteiger partial charge >= 0.3 is 12.3 Å². The van der Waals surface area contributed by atoms with E-state index in [2.05, 4.69) is 10.1 Å². The van der Waals surface area contributed by atoms with Gasteiger partial charge in [-0.15, -0.1) is 0 Å². The number of rotatable bonds is 5. The maximum absolute atomic E-state index is 12.4. The molecule has 1 aromatic heterocycles. The second kappa shape index (κ2) is 6.95. The summed E-state index contributed by atoms with van der Waals surface area (Å²) in [5.41, 5.74) is -1.21. The van der Waals surface area contributed by atoms with Gasteiger partial charge in [-0.1, -0.05) is 18.2 Å². The first-order chi connectivity index (χ1) is 11.4. The Morgan fingerprint density at radius 2 is 1.92 bits per heavy atom. The number of aromatic nitrogens is 2. The highest BCUT2D eigenvalue weighted by Crippen LogP contribution is 2.21. The Kier molecular flexibility index (Phi) is 4.99. The Balaban J connectivity index is 2.40. The van der Waals surface area contributed by atoms with Crippen LogP contribution in [0.3, 0.4) is 0 Å². The second-order valence-electron chi connectivity index (χ2n) is 4.88. The monoisotopic (exact) mass is 336 g/mol. The van der Waals surface area contributed by atoms with E-state index in [1.165, 1.54) is 26.2 Å². The van der Waals surface area contributed by atoms with Gasteiger partial charge in [0.05, 0.1) is 0 Å². The van der Waals surface area contributed by atoms with Crippen molar-refractivity contribution in [2.45, 2.75) is 13.2 Å². The molecule has 0 aliphatic rings. The Hall–Kier alpha value is -3.15. The van der Waals surface area contributed by atoms with Gasteiger partial charge in [0.2, 0.25) is 0 Å². The summed E-state index contributed by atoms with van der Waals surface area (Å²) in [6.07, 6.45) is 0. The number of benzene rings is 1. The summed E-state index contributed by atoms with van der Waals surface area (Å²) < 4.78 is 31.2. The molecule has 0 aliphatic heterocycles. The van der Waals surface area contributed by atoms with E-state index in [9.17, 15) is 18.4 Å². The minimum atomic E-state index is -2.98. The Morgan fingerprint density at radius 3 is 2.54 bits per heavy atom. The van der Waals surface area contributed by atoms with Gasteiger partial charge < -0.3 is 10.1 Å². The Labute approximate surface area is 135 Å². The maximum atomic E-state index is 12.4. The summed E-state index contributed by atoms with van der Waals surface area (Å²) in [5.74, 6) is -0.0233. The Morgan fingerprint density at radius 1 is 1.25 bits per heavy atom. The first-order valence-corrected chi connectivity index (χ1v) is 6.83. The molecule has 1 aromatic carbocycles. The molecule has 0 unspecified atom stereocenters. The van der Waals surface area contributed by atoms with E-state index in [1.807, 2.05) is 0 Å². The van der Waals surface area contributed by atoms with E-state index in [4.69, 9.17) is 5.26 Å². The average Bonchev–Trinajstić information content (AvgIpc) is 2.55. The molecule has 7 nitrogen and oxygen atoms in total.